The van der Waals surface area contributed by atoms with Crippen LogP contribution in [0, 0.1) is 0 Å². The van der Waals surface area contributed by atoms with Gasteiger partial charge in [-0.05, 0) is 30.7 Å². The van der Waals surface area contributed by atoms with E-state index in [0.717, 1.165) is 65.8 Å². The minimum absolute atomic E-state index is 0.747. The normalized spacial score (nSPS) is 15.0. The maximum absolute atomic E-state index is 4.98. The van der Waals surface area contributed by atoms with Crippen LogP contribution in [-0.4, -0.2) is 46.1 Å². The SMILES string of the molecule is c1ccc2c(N3CCCN(c4nccs4)CC3)nc(-c3ccncc3)nc2c1. The lowest BCUT2D eigenvalue weighted by Crippen LogP contribution is -2.31. The van der Waals surface area contributed by atoms with Gasteiger partial charge in [-0.15, -0.1) is 11.3 Å². The molecule has 7 heteroatoms. The van der Waals surface area contributed by atoms with Crippen molar-refractivity contribution in [1.29, 1.82) is 0 Å². The van der Waals surface area contributed by atoms with Crippen molar-refractivity contribution in [3.05, 3.63) is 60.4 Å². The molecular formula is C21H20N6S. The Morgan fingerprint density at radius 3 is 2.50 bits per heavy atom. The van der Waals surface area contributed by atoms with Gasteiger partial charge in [-0.2, -0.15) is 0 Å². The molecule has 1 aliphatic rings. The van der Waals surface area contributed by atoms with Gasteiger partial charge < -0.3 is 9.80 Å². The van der Waals surface area contributed by atoms with Crippen molar-refractivity contribution in [3.63, 3.8) is 0 Å². The third-order valence-electron chi connectivity index (χ3n) is 5.01. The maximum Gasteiger partial charge on any atom is 0.185 e. The average molecular weight is 389 g/mol. The Morgan fingerprint density at radius 1 is 0.821 bits per heavy atom. The zero-order valence-electron chi connectivity index (χ0n) is 15.4. The van der Waals surface area contributed by atoms with E-state index in [4.69, 9.17) is 9.97 Å². The molecule has 6 nitrogen and oxygen atoms in total. The number of fused-ring (bicyclic) bond motifs is 1. The second-order valence-corrected chi connectivity index (χ2v) is 7.64. The van der Waals surface area contributed by atoms with Crippen molar-refractivity contribution in [2.75, 3.05) is 36.0 Å². The summed E-state index contributed by atoms with van der Waals surface area (Å²) in [5.41, 5.74) is 1.96. The highest BCUT2D eigenvalue weighted by atomic mass is 32.1. The number of pyridine rings is 1. The molecule has 3 aromatic heterocycles. The van der Waals surface area contributed by atoms with Crippen LogP contribution in [0.5, 0.6) is 0 Å². The lowest BCUT2D eigenvalue weighted by atomic mass is 10.2. The van der Waals surface area contributed by atoms with Crippen molar-refractivity contribution in [2.45, 2.75) is 6.42 Å². The number of rotatable bonds is 3. The van der Waals surface area contributed by atoms with Gasteiger partial charge in [0.05, 0.1) is 5.52 Å². The number of hydrogen-bond donors (Lipinski definition) is 0. The van der Waals surface area contributed by atoms with Crippen LogP contribution in [0.3, 0.4) is 0 Å². The molecule has 28 heavy (non-hydrogen) atoms. The van der Waals surface area contributed by atoms with E-state index < -0.39 is 0 Å². The number of anilines is 2. The van der Waals surface area contributed by atoms with Crippen LogP contribution in [-0.2, 0) is 0 Å². The number of benzene rings is 1. The molecule has 4 aromatic rings. The Hall–Kier alpha value is -3.06. The third kappa shape index (κ3) is 3.29. The van der Waals surface area contributed by atoms with Crippen LogP contribution < -0.4 is 9.80 Å². The van der Waals surface area contributed by atoms with Crippen LogP contribution >= 0.6 is 11.3 Å². The van der Waals surface area contributed by atoms with Crippen molar-refractivity contribution in [3.8, 4) is 11.4 Å². The highest BCUT2D eigenvalue weighted by Crippen LogP contribution is 2.29. The molecule has 0 bridgehead atoms. The standard InChI is InChI=1S/C21H20N6S/c1-2-5-18-17(4-1)20(25-19(24-18)16-6-8-22-9-7-16)26-11-3-12-27(14-13-26)21-23-10-15-28-21/h1-2,4-10,15H,3,11-14H2. The summed E-state index contributed by atoms with van der Waals surface area (Å²) in [7, 11) is 0. The van der Waals surface area contributed by atoms with Gasteiger partial charge in [-0.3, -0.25) is 4.98 Å². The van der Waals surface area contributed by atoms with Crippen LogP contribution in [0.2, 0.25) is 0 Å². The minimum atomic E-state index is 0.747. The molecule has 0 unspecified atom stereocenters. The number of aromatic nitrogens is 4. The summed E-state index contributed by atoms with van der Waals surface area (Å²) in [4.78, 5) is 23.1. The first-order valence-electron chi connectivity index (χ1n) is 9.45. The average Bonchev–Trinajstić information content (AvgIpc) is 3.18. The fourth-order valence-electron chi connectivity index (χ4n) is 3.62. The molecule has 1 fully saturated rings. The molecular weight excluding hydrogens is 368 g/mol. The Morgan fingerprint density at radius 2 is 1.64 bits per heavy atom. The van der Waals surface area contributed by atoms with E-state index in [1.165, 1.54) is 0 Å². The second-order valence-electron chi connectivity index (χ2n) is 6.77. The largest absolute Gasteiger partial charge is 0.354 e. The predicted octanol–water partition coefficient (Wildman–Crippen LogP) is 3.87. The smallest absolute Gasteiger partial charge is 0.185 e. The molecule has 4 heterocycles. The van der Waals surface area contributed by atoms with E-state index in [2.05, 4.69) is 38.0 Å². The summed E-state index contributed by atoms with van der Waals surface area (Å²) in [5, 5.41) is 4.24. The van der Waals surface area contributed by atoms with Gasteiger partial charge in [0.25, 0.3) is 0 Å². The lowest BCUT2D eigenvalue weighted by molar-refractivity contribution is 0.799. The Bertz CT molecular complexity index is 1070. The van der Waals surface area contributed by atoms with E-state index in [9.17, 15) is 0 Å². The highest BCUT2D eigenvalue weighted by molar-refractivity contribution is 7.13. The molecule has 0 atom stereocenters. The summed E-state index contributed by atoms with van der Waals surface area (Å²) in [6, 6.07) is 12.2. The molecule has 0 N–H and O–H groups in total. The van der Waals surface area contributed by atoms with Gasteiger partial charge in [-0.25, -0.2) is 15.0 Å². The Balaban J connectivity index is 1.52. The molecule has 0 radical (unpaired) electrons. The molecule has 1 aliphatic heterocycles. The summed E-state index contributed by atoms with van der Waals surface area (Å²) < 4.78 is 0. The quantitative estimate of drug-likeness (QED) is 0.531. The van der Waals surface area contributed by atoms with Crippen LogP contribution in [0.1, 0.15) is 6.42 Å². The van der Waals surface area contributed by atoms with Crippen molar-refractivity contribution >= 4 is 33.2 Å². The van der Waals surface area contributed by atoms with Gasteiger partial charge in [-0.1, -0.05) is 12.1 Å². The number of hydrogen-bond acceptors (Lipinski definition) is 7. The van der Waals surface area contributed by atoms with Gasteiger partial charge >= 0.3 is 0 Å². The summed E-state index contributed by atoms with van der Waals surface area (Å²) >= 11 is 1.70. The first-order valence-corrected chi connectivity index (χ1v) is 10.3. The first-order chi connectivity index (χ1) is 13.9. The van der Waals surface area contributed by atoms with Crippen molar-refractivity contribution in [2.24, 2.45) is 0 Å². The zero-order chi connectivity index (χ0) is 18.8. The molecule has 140 valence electrons. The highest BCUT2D eigenvalue weighted by Gasteiger charge is 2.20. The van der Waals surface area contributed by atoms with Crippen LogP contribution in [0.15, 0.2) is 60.4 Å². The van der Waals surface area contributed by atoms with Gasteiger partial charge in [0.1, 0.15) is 5.82 Å². The maximum atomic E-state index is 4.98. The number of para-hydroxylation sites is 1. The second kappa shape index (κ2) is 7.52. The van der Waals surface area contributed by atoms with E-state index >= 15 is 0 Å². The molecule has 0 saturated carbocycles. The van der Waals surface area contributed by atoms with Gasteiger partial charge in [0.15, 0.2) is 11.0 Å². The van der Waals surface area contributed by atoms with Crippen LogP contribution in [0.4, 0.5) is 10.9 Å². The fraction of sp³-hybridized carbons (Fsp3) is 0.238. The van der Waals surface area contributed by atoms with Gasteiger partial charge in [0, 0.05) is 61.1 Å². The fourth-order valence-corrected chi connectivity index (χ4v) is 4.32. The number of nitrogens with zero attached hydrogens (tertiary/aromatic N) is 6. The Labute approximate surface area is 167 Å². The summed E-state index contributed by atoms with van der Waals surface area (Å²) in [6.45, 7) is 3.84. The molecule has 0 aliphatic carbocycles. The van der Waals surface area contributed by atoms with E-state index in [1.54, 1.807) is 23.7 Å². The molecule has 0 spiro atoms. The topological polar surface area (TPSA) is 58.0 Å². The zero-order valence-corrected chi connectivity index (χ0v) is 16.2. The van der Waals surface area contributed by atoms with Gasteiger partial charge in [0.2, 0.25) is 0 Å². The van der Waals surface area contributed by atoms with E-state index in [-0.39, 0.29) is 0 Å². The molecule has 1 aromatic carbocycles. The molecule has 0 amide bonds. The molecule has 1 saturated heterocycles. The number of thiazole rings is 1. The van der Waals surface area contributed by atoms with E-state index in [0.29, 0.717) is 0 Å². The monoisotopic (exact) mass is 388 g/mol. The summed E-state index contributed by atoms with van der Waals surface area (Å²) in [5.74, 6) is 1.76. The lowest BCUT2D eigenvalue weighted by Gasteiger charge is -2.24. The van der Waals surface area contributed by atoms with E-state index in [1.807, 2.05) is 29.8 Å². The van der Waals surface area contributed by atoms with Crippen molar-refractivity contribution < 1.29 is 0 Å². The first kappa shape index (κ1) is 17.1. The minimum Gasteiger partial charge on any atom is -0.354 e. The summed E-state index contributed by atoms with van der Waals surface area (Å²) in [6.07, 6.45) is 6.51. The van der Waals surface area contributed by atoms with Crippen molar-refractivity contribution in [1.82, 2.24) is 19.9 Å². The molecule has 5 rings (SSSR count). The predicted molar refractivity (Wildman–Crippen MR) is 114 cm³/mol. The van der Waals surface area contributed by atoms with Crippen LogP contribution in [0.25, 0.3) is 22.3 Å². The Kier molecular flexibility index (Phi) is 4.58. The third-order valence-corrected chi connectivity index (χ3v) is 5.84.